The molecule has 0 aromatic heterocycles. The van der Waals surface area contributed by atoms with Gasteiger partial charge in [-0.25, -0.2) is 0 Å². The molecule has 2 aliphatic heterocycles. The molecular weight excluding hydrogens is 454 g/mol. The fraction of sp³-hybridized carbons (Fsp3) is 1.00. The molecule has 0 radical (unpaired) electrons. The van der Waals surface area contributed by atoms with Gasteiger partial charge in [0.15, 0.2) is 5.60 Å². The van der Waals surface area contributed by atoms with Crippen molar-refractivity contribution in [1.29, 1.82) is 0 Å². The van der Waals surface area contributed by atoms with E-state index in [-0.39, 0.29) is 42.3 Å². The Kier molecular flexibility index (Phi) is 4.74. The summed E-state index contributed by atoms with van der Waals surface area (Å²) >= 11 is 0. The molecule has 2 saturated heterocycles. The molecule has 35 heavy (non-hydrogen) atoms. The van der Waals surface area contributed by atoms with Crippen molar-refractivity contribution < 1.29 is 38.6 Å². The van der Waals surface area contributed by atoms with Gasteiger partial charge in [-0.3, -0.25) is 4.90 Å². The zero-order valence-electron chi connectivity index (χ0n) is 21.6. The number of piperidine rings is 1. The lowest BCUT2D eigenvalue weighted by Crippen LogP contribution is -2.92. The van der Waals surface area contributed by atoms with Crippen molar-refractivity contribution >= 4 is 0 Å². The summed E-state index contributed by atoms with van der Waals surface area (Å²) in [5, 5.41) is 26.4. The van der Waals surface area contributed by atoms with Gasteiger partial charge in [0.25, 0.3) is 0 Å². The van der Waals surface area contributed by atoms with Gasteiger partial charge in [0.05, 0.1) is 36.4 Å². The van der Waals surface area contributed by atoms with Crippen LogP contribution in [0, 0.1) is 22.7 Å². The van der Waals surface area contributed by atoms with Crippen molar-refractivity contribution in [2.45, 2.75) is 85.8 Å². The van der Waals surface area contributed by atoms with E-state index in [0.717, 1.165) is 25.9 Å². The molecule has 9 nitrogen and oxygen atoms in total. The molecule has 2 heterocycles. The van der Waals surface area contributed by atoms with Crippen molar-refractivity contribution in [2.75, 3.05) is 54.9 Å². The van der Waals surface area contributed by atoms with Crippen LogP contribution >= 0.6 is 0 Å². The molecule has 12 unspecified atom stereocenters. The Morgan fingerprint density at radius 3 is 2.46 bits per heavy atom. The Balaban J connectivity index is 1.59. The predicted octanol–water partition coefficient (Wildman–Crippen LogP) is 0.550. The number of rotatable bonds is 6. The quantitative estimate of drug-likeness (QED) is 0.547. The second kappa shape index (κ2) is 6.98. The van der Waals surface area contributed by atoms with E-state index in [1.165, 1.54) is 0 Å². The number of fused-ring (bicyclic) bond motifs is 1. The first-order valence-corrected chi connectivity index (χ1v) is 13.3. The molecule has 5 aliphatic carbocycles. The highest BCUT2D eigenvalue weighted by Gasteiger charge is 2.99. The number of hydrogen-bond donors (Lipinski definition) is 2. The average Bonchev–Trinajstić information content (AvgIpc) is 3.39. The molecule has 198 valence electrons. The van der Waals surface area contributed by atoms with Gasteiger partial charge < -0.3 is 38.6 Å². The third-order valence-corrected chi connectivity index (χ3v) is 12.3. The van der Waals surface area contributed by atoms with Gasteiger partial charge in [-0.05, 0) is 38.1 Å². The highest BCUT2D eigenvalue weighted by atomic mass is 16.7. The predicted molar refractivity (Wildman–Crippen MR) is 123 cm³/mol. The van der Waals surface area contributed by atoms with Crippen molar-refractivity contribution in [1.82, 2.24) is 4.90 Å². The summed E-state index contributed by atoms with van der Waals surface area (Å²) in [6.07, 6.45) is 2.23. The summed E-state index contributed by atoms with van der Waals surface area (Å²) in [7, 11) is 6.87. The minimum atomic E-state index is -1.65. The van der Waals surface area contributed by atoms with E-state index in [0.29, 0.717) is 25.9 Å². The van der Waals surface area contributed by atoms with Crippen molar-refractivity contribution in [3.8, 4) is 0 Å². The van der Waals surface area contributed by atoms with E-state index in [1.54, 1.807) is 28.4 Å². The van der Waals surface area contributed by atoms with Crippen LogP contribution in [-0.2, 0) is 28.4 Å². The third kappa shape index (κ3) is 2.00. The number of likely N-dealkylation sites (N-methyl/N-ethyl adjacent to an activating group) is 1. The Bertz CT molecular complexity index is 922. The summed E-state index contributed by atoms with van der Waals surface area (Å²) in [6.45, 7) is 4.56. The molecule has 7 aliphatic rings. The lowest BCUT2D eigenvalue weighted by atomic mass is 9.39. The summed E-state index contributed by atoms with van der Waals surface area (Å²) in [5.41, 5.74) is -6.04. The molecule has 7 fully saturated rings. The highest BCUT2D eigenvalue weighted by Crippen LogP contribution is 2.84. The maximum absolute atomic E-state index is 13.3. The van der Waals surface area contributed by atoms with Gasteiger partial charge >= 0.3 is 0 Å². The second-order valence-corrected chi connectivity index (χ2v) is 12.5. The standard InChI is InChI=1S/C26H41NO8/c1-6-27-12-21(13-30-2)8-7-18(32-4)25-17(21)11-22(20(25)27)24(35-14-34-22)10-16(31-3)15-9-23(25,28)26(24,29)19(15)33-5/h15-20,28-29H,6-14H2,1-5H3. The monoisotopic (exact) mass is 495 g/mol. The molecule has 5 saturated carbocycles. The van der Waals surface area contributed by atoms with Crippen LogP contribution in [0.25, 0.3) is 0 Å². The molecule has 7 bridgehead atoms. The zero-order valence-corrected chi connectivity index (χ0v) is 21.6. The number of ether oxygens (including phenoxy) is 6. The fourth-order valence-electron chi connectivity index (χ4n) is 11.7. The molecule has 12 atom stereocenters. The van der Waals surface area contributed by atoms with Crippen molar-refractivity contribution in [3.63, 3.8) is 0 Å². The first kappa shape index (κ1) is 23.7. The van der Waals surface area contributed by atoms with Crippen LogP contribution in [0.1, 0.15) is 39.0 Å². The number of nitrogens with zero attached hydrogens (tertiary/aromatic N) is 1. The molecule has 9 heteroatoms. The largest absolute Gasteiger partial charge is 0.386 e. The minimum Gasteiger partial charge on any atom is -0.386 e. The van der Waals surface area contributed by atoms with Crippen LogP contribution in [0.3, 0.4) is 0 Å². The number of hydrogen-bond acceptors (Lipinski definition) is 9. The summed E-state index contributed by atoms with van der Waals surface area (Å²) in [6, 6.07) is -0.153. The normalized spacial score (nSPS) is 61.8. The first-order valence-electron chi connectivity index (χ1n) is 13.3. The molecule has 7 rings (SSSR count). The van der Waals surface area contributed by atoms with Crippen LogP contribution in [0.2, 0.25) is 0 Å². The molecule has 0 aromatic carbocycles. The van der Waals surface area contributed by atoms with Gasteiger partial charge in [-0.1, -0.05) is 6.92 Å². The van der Waals surface area contributed by atoms with E-state index in [2.05, 4.69) is 11.8 Å². The average molecular weight is 496 g/mol. The lowest BCUT2D eigenvalue weighted by Gasteiger charge is -2.74. The minimum absolute atomic E-state index is 0.0527. The smallest absolute Gasteiger partial charge is 0.152 e. The van der Waals surface area contributed by atoms with Gasteiger partial charge in [-0.2, -0.15) is 0 Å². The number of aliphatic hydroxyl groups is 2. The fourth-order valence-corrected chi connectivity index (χ4v) is 11.7. The number of likely N-dealkylation sites (tertiary alicyclic amines) is 1. The van der Waals surface area contributed by atoms with Crippen LogP contribution in [0.15, 0.2) is 0 Å². The van der Waals surface area contributed by atoms with E-state index < -0.39 is 33.9 Å². The maximum Gasteiger partial charge on any atom is 0.152 e. The zero-order chi connectivity index (χ0) is 24.6. The molecule has 0 amide bonds. The van der Waals surface area contributed by atoms with E-state index in [1.807, 2.05) is 0 Å². The Hall–Kier alpha value is -0.360. The van der Waals surface area contributed by atoms with Crippen LogP contribution in [0.5, 0.6) is 0 Å². The SMILES string of the molecule is CCN1CC2(COC)CCC(OC)C34C2CC2(OCOC25CC(OC)C2CC3(O)C5(O)C2OC)C14. The van der Waals surface area contributed by atoms with Crippen molar-refractivity contribution in [2.24, 2.45) is 22.7 Å². The van der Waals surface area contributed by atoms with Gasteiger partial charge in [0, 0.05) is 52.7 Å². The summed E-state index contributed by atoms with van der Waals surface area (Å²) in [4.78, 5) is 2.50. The van der Waals surface area contributed by atoms with Gasteiger partial charge in [0.2, 0.25) is 0 Å². The molecule has 3 spiro atoms. The molecule has 0 aromatic rings. The van der Waals surface area contributed by atoms with Crippen LogP contribution < -0.4 is 0 Å². The molecule has 2 N–H and O–H groups in total. The second-order valence-electron chi connectivity index (χ2n) is 12.5. The maximum atomic E-state index is 13.3. The molecular formula is C26H41NO8. The third-order valence-electron chi connectivity index (χ3n) is 12.3. The van der Waals surface area contributed by atoms with E-state index in [4.69, 9.17) is 28.4 Å². The Morgan fingerprint density at radius 1 is 1.00 bits per heavy atom. The van der Waals surface area contributed by atoms with Crippen LogP contribution in [0.4, 0.5) is 0 Å². The highest BCUT2D eigenvalue weighted by molar-refractivity contribution is 5.49. The van der Waals surface area contributed by atoms with Crippen LogP contribution in [-0.4, -0.2) is 117 Å². The van der Waals surface area contributed by atoms with E-state index in [9.17, 15) is 10.2 Å². The Labute approximate surface area is 207 Å². The van der Waals surface area contributed by atoms with Gasteiger partial charge in [0.1, 0.15) is 23.6 Å². The Morgan fingerprint density at radius 2 is 1.80 bits per heavy atom. The lowest BCUT2D eigenvalue weighted by molar-refractivity contribution is -0.387. The summed E-state index contributed by atoms with van der Waals surface area (Å²) < 4.78 is 37.7. The van der Waals surface area contributed by atoms with E-state index >= 15 is 0 Å². The van der Waals surface area contributed by atoms with Crippen molar-refractivity contribution in [3.05, 3.63) is 0 Å². The topological polar surface area (TPSA) is 99.1 Å². The number of methoxy groups -OCH3 is 4. The summed E-state index contributed by atoms with van der Waals surface area (Å²) in [5.74, 6) is -0.107. The first-order chi connectivity index (χ1) is 16.8. The van der Waals surface area contributed by atoms with Gasteiger partial charge in [-0.15, -0.1) is 0 Å².